The summed E-state index contributed by atoms with van der Waals surface area (Å²) in [7, 11) is 0. The van der Waals surface area contributed by atoms with Crippen molar-refractivity contribution >= 4 is 11.8 Å². The molecule has 104 valence electrons. The maximum absolute atomic E-state index is 12.1. The van der Waals surface area contributed by atoms with E-state index in [2.05, 4.69) is 15.5 Å². The van der Waals surface area contributed by atoms with Gasteiger partial charge in [-0.25, -0.2) is 0 Å². The van der Waals surface area contributed by atoms with E-state index in [0.717, 1.165) is 12.1 Å². The van der Waals surface area contributed by atoms with Gasteiger partial charge in [0.15, 0.2) is 0 Å². The number of aromatic nitrogens is 2. The van der Waals surface area contributed by atoms with Crippen LogP contribution in [-0.4, -0.2) is 22.0 Å². The maximum atomic E-state index is 12.1. The minimum atomic E-state index is -0.870. The van der Waals surface area contributed by atoms with Crippen LogP contribution >= 0.6 is 0 Å². The summed E-state index contributed by atoms with van der Waals surface area (Å²) >= 11 is 0. The molecule has 2 amide bonds. The molecule has 2 rings (SSSR count). The molecule has 0 spiro atoms. The van der Waals surface area contributed by atoms with Crippen molar-refractivity contribution in [1.82, 2.24) is 15.5 Å². The highest BCUT2D eigenvalue weighted by molar-refractivity contribution is 5.96. The van der Waals surface area contributed by atoms with E-state index < -0.39 is 17.9 Å². The standard InChI is InChI=1S/C14H16N4O2/c1-2-10-8-11(18-17-10)14(20)16-12(13(15)19)9-6-4-3-5-7-9/h3-8,12H,2H2,1H3,(H2,15,19)(H,16,20)(H,17,18). The number of aryl methyl sites for hydroxylation is 1. The van der Waals surface area contributed by atoms with Crippen LogP contribution in [-0.2, 0) is 11.2 Å². The van der Waals surface area contributed by atoms with Crippen LogP contribution in [0.4, 0.5) is 0 Å². The maximum Gasteiger partial charge on any atom is 0.272 e. The normalized spacial score (nSPS) is 11.8. The summed E-state index contributed by atoms with van der Waals surface area (Å²) in [5.74, 6) is -1.05. The lowest BCUT2D eigenvalue weighted by molar-refractivity contribution is -0.120. The number of nitrogens with one attached hydrogen (secondary N) is 2. The first-order chi connectivity index (χ1) is 9.61. The first kappa shape index (κ1) is 13.8. The highest BCUT2D eigenvalue weighted by Crippen LogP contribution is 2.13. The Morgan fingerprint density at radius 2 is 2.05 bits per heavy atom. The van der Waals surface area contributed by atoms with Gasteiger partial charge in [-0.2, -0.15) is 5.10 Å². The summed E-state index contributed by atoms with van der Waals surface area (Å²) in [4.78, 5) is 23.6. The van der Waals surface area contributed by atoms with Crippen molar-refractivity contribution in [2.45, 2.75) is 19.4 Å². The Labute approximate surface area is 116 Å². The summed E-state index contributed by atoms with van der Waals surface area (Å²) in [6.07, 6.45) is 0.748. The van der Waals surface area contributed by atoms with Crippen LogP contribution in [0.3, 0.4) is 0 Å². The lowest BCUT2D eigenvalue weighted by Crippen LogP contribution is -2.37. The van der Waals surface area contributed by atoms with E-state index in [4.69, 9.17) is 5.73 Å². The lowest BCUT2D eigenvalue weighted by Gasteiger charge is -2.14. The van der Waals surface area contributed by atoms with Crippen molar-refractivity contribution < 1.29 is 9.59 Å². The Balaban J connectivity index is 2.16. The number of hydrogen-bond donors (Lipinski definition) is 3. The van der Waals surface area contributed by atoms with Crippen molar-refractivity contribution in [3.8, 4) is 0 Å². The third-order valence-electron chi connectivity index (χ3n) is 2.94. The molecule has 2 aromatic rings. The highest BCUT2D eigenvalue weighted by atomic mass is 16.2. The second-order valence-electron chi connectivity index (χ2n) is 4.35. The van der Waals surface area contributed by atoms with Crippen LogP contribution < -0.4 is 11.1 Å². The summed E-state index contributed by atoms with van der Waals surface area (Å²) in [5.41, 5.74) is 7.08. The summed E-state index contributed by atoms with van der Waals surface area (Å²) in [6, 6.07) is 9.63. The molecule has 6 heteroatoms. The van der Waals surface area contributed by atoms with Crippen LogP contribution in [0.25, 0.3) is 0 Å². The van der Waals surface area contributed by atoms with Crippen LogP contribution in [0, 0.1) is 0 Å². The fourth-order valence-electron chi connectivity index (χ4n) is 1.83. The van der Waals surface area contributed by atoms with Gasteiger partial charge in [0.1, 0.15) is 11.7 Å². The lowest BCUT2D eigenvalue weighted by atomic mass is 10.1. The third kappa shape index (κ3) is 3.03. The molecule has 0 saturated carbocycles. The number of benzene rings is 1. The molecule has 6 nitrogen and oxygen atoms in total. The molecule has 4 N–H and O–H groups in total. The quantitative estimate of drug-likeness (QED) is 0.754. The van der Waals surface area contributed by atoms with Crippen LogP contribution in [0.5, 0.6) is 0 Å². The van der Waals surface area contributed by atoms with Gasteiger partial charge >= 0.3 is 0 Å². The van der Waals surface area contributed by atoms with E-state index in [1.807, 2.05) is 13.0 Å². The van der Waals surface area contributed by atoms with Gasteiger partial charge in [-0.15, -0.1) is 0 Å². The van der Waals surface area contributed by atoms with Crippen LogP contribution in [0.1, 0.15) is 34.7 Å². The van der Waals surface area contributed by atoms with Gasteiger partial charge in [0.2, 0.25) is 5.91 Å². The van der Waals surface area contributed by atoms with Crippen LogP contribution in [0.15, 0.2) is 36.4 Å². The fraction of sp³-hybridized carbons (Fsp3) is 0.214. The molecule has 1 heterocycles. The average molecular weight is 272 g/mol. The number of primary amides is 1. The largest absolute Gasteiger partial charge is 0.368 e. The van der Waals surface area contributed by atoms with E-state index in [1.54, 1.807) is 30.3 Å². The monoisotopic (exact) mass is 272 g/mol. The van der Waals surface area contributed by atoms with Gasteiger partial charge in [0.25, 0.3) is 5.91 Å². The van der Waals surface area contributed by atoms with Gasteiger partial charge < -0.3 is 11.1 Å². The van der Waals surface area contributed by atoms with Gasteiger partial charge in [0.05, 0.1) is 0 Å². The molecule has 0 saturated heterocycles. The van der Waals surface area contributed by atoms with Gasteiger partial charge in [-0.3, -0.25) is 14.7 Å². The minimum absolute atomic E-state index is 0.240. The zero-order valence-corrected chi connectivity index (χ0v) is 11.1. The predicted octanol–water partition coefficient (Wildman–Crippen LogP) is 0.928. The summed E-state index contributed by atoms with van der Waals surface area (Å²) < 4.78 is 0. The van der Waals surface area contributed by atoms with E-state index in [0.29, 0.717) is 5.56 Å². The van der Waals surface area contributed by atoms with Crippen molar-refractivity contribution in [2.24, 2.45) is 5.73 Å². The van der Waals surface area contributed by atoms with E-state index >= 15 is 0 Å². The first-order valence-corrected chi connectivity index (χ1v) is 6.31. The molecule has 1 aromatic heterocycles. The molecule has 0 aliphatic heterocycles. The molecule has 20 heavy (non-hydrogen) atoms. The number of H-pyrrole nitrogens is 1. The predicted molar refractivity (Wildman–Crippen MR) is 73.8 cm³/mol. The Morgan fingerprint density at radius 1 is 1.35 bits per heavy atom. The number of aromatic amines is 1. The SMILES string of the molecule is CCc1cc(C(=O)NC(C(N)=O)c2ccccc2)n[nH]1. The van der Waals surface area contributed by atoms with Gasteiger partial charge in [0, 0.05) is 5.69 Å². The van der Waals surface area contributed by atoms with Crippen molar-refractivity contribution in [1.29, 1.82) is 0 Å². The van der Waals surface area contributed by atoms with Gasteiger partial charge in [-0.1, -0.05) is 37.3 Å². The van der Waals surface area contributed by atoms with E-state index in [9.17, 15) is 9.59 Å². The number of carbonyl (C=O) groups excluding carboxylic acids is 2. The summed E-state index contributed by atoms with van der Waals surface area (Å²) in [5, 5.41) is 9.25. The third-order valence-corrected chi connectivity index (χ3v) is 2.94. The Morgan fingerprint density at radius 3 is 2.60 bits per heavy atom. The zero-order chi connectivity index (χ0) is 14.5. The molecule has 1 aromatic carbocycles. The smallest absolute Gasteiger partial charge is 0.272 e. The first-order valence-electron chi connectivity index (χ1n) is 6.31. The Hall–Kier alpha value is -2.63. The second kappa shape index (κ2) is 6.01. The minimum Gasteiger partial charge on any atom is -0.368 e. The number of amides is 2. The van der Waals surface area contributed by atoms with Crippen molar-refractivity contribution in [2.75, 3.05) is 0 Å². The van der Waals surface area contributed by atoms with Crippen molar-refractivity contribution in [3.05, 3.63) is 53.3 Å². The van der Waals surface area contributed by atoms with E-state index in [1.165, 1.54) is 0 Å². The molecule has 1 atom stereocenters. The topological polar surface area (TPSA) is 101 Å². The second-order valence-corrected chi connectivity index (χ2v) is 4.35. The van der Waals surface area contributed by atoms with E-state index in [-0.39, 0.29) is 5.69 Å². The number of hydrogen-bond acceptors (Lipinski definition) is 3. The molecule has 0 fully saturated rings. The zero-order valence-electron chi connectivity index (χ0n) is 11.1. The Bertz CT molecular complexity index is 607. The molecule has 0 aliphatic rings. The molecule has 0 radical (unpaired) electrons. The molecular formula is C14H16N4O2. The highest BCUT2D eigenvalue weighted by Gasteiger charge is 2.21. The number of rotatable bonds is 5. The molecular weight excluding hydrogens is 256 g/mol. The average Bonchev–Trinajstić information content (AvgIpc) is 2.94. The molecule has 0 aliphatic carbocycles. The van der Waals surface area contributed by atoms with Gasteiger partial charge in [-0.05, 0) is 18.1 Å². The molecule has 1 unspecified atom stereocenters. The van der Waals surface area contributed by atoms with Crippen LogP contribution in [0.2, 0.25) is 0 Å². The summed E-state index contributed by atoms with van der Waals surface area (Å²) in [6.45, 7) is 1.95. The molecule has 0 bridgehead atoms. The Kier molecular flexibility index (Phi) is 4.14. The number of carbonyl (C=O) groups is 2. The number of nitrogens with zero attached hydrogens (tertiary/aromatic N) is 1. The fourth-order valence-corrected chi connectivity index (χ4v) is 1.83. The van der Waals surface area contributed by atoms with Crippen molar-refractivity contribution in [3.63, 3.8) is 0 Å². The number of nitrogens with two attached hydrogens (primary N) is 1.